The van der Waals surface area contributed by atoms with Crippen molar-refractivity contribution in [1.82, 2.24) is 19.9 Å². The zero-order valence-corrected chi connectivity index (χ0v) is 11.7. The van der Waals surface area contributed by atoms with Crippen LogP contribution in [0.25, 0.3) is 0 Å². The SMILES string of the molecule is CC(C)(CO)Nc1cc(Nc2cnc(C#N)cn2)ncn1. The van der Waals surface area contributed by atoms with Crippen molar-refractivity contribution in [3.8, 4) is 6.07 Å². The van der Waals surface area contributed by atoms with Gasteiger partial charge in [0.25, 0.3) is 0 Å². The van der Waals surface area contributed by atoms with Crippen LogP contribution in [0.2, 0.25) is 0 Å². The predicted octanol–water partition coefficient (Wildman–Crippen LogP) is 1.06. The van der Waals surface area contributed by atoms with Gasteiger partial charge in [0.05, 0.1) is 24.5 Å². The van der Waals surface area contributed by atoms with Gasteiger partial charge in [-0.2, -0.15) is 5.26 Å². The van der Waals surface area contributed by atoms with Crippen molar-refractivity contribution in [1.29, 1.82) is 5.26 Å². The lowest BCUT2D eigenvalue weighted by Gasteiger charge is -2.24. The fraction of sp³-hybridized carbons (Fsp3) is 0.308. The van der Waals surface area contributed by atoms with Crippen LogP contribution in [-0.4, -0.2) is 37.2 Å². The third kappa shape index (κ3) is 4.09. The number of aromatic nitrogens is 4. The van der Waals surface area contributed by atoms with Crippen LogP contribution in [0.5, 0.6) is 0 Å². The van der Waals surface area contributed by atoms with Gasteiger partial charge in [-0.3, -0.25) is 0 Å². The van der Waals surface area contributed by atoms with E-state index in [1.54, 1.807) is 6.07 Å². The lowest BCUT2D eigenvalue weighted by atomic mass is 10.1. The quantitative estimate of drug-likeness (QED) is 0.746. The molecule has 21 heavy (non-hydrogen) atoms. The third-order valence-corrected chi connectivity index (χ3v) is 2.55. The minimum absolute atomic E-state index is 0.0269. The van der Waals surface area contributed by atoms with Crippen LogP contribution in [-0.2, 0) is 0 Å². The molecule has 0 spiro atoms. The molecule has 0 aliphatic carbocycles. The largest absolute Gasteiger partial charge is 0.394 e. The highest BCUT2D eigenvalue weighted by Gasteiger charge is 2.16. The molecule has 2 aromatic rings. The smallest absolute Gasteiger partial charge is 0.158 e. The van der Waals surface area contributed by atoms with Gasteiger partial charge in [-0.15, -0.1) is 0 Å². The molecule has 0 radical (unpaired) electrons. The minimum atomic E-state index is -0.486. The monoisotopic (exact) mass is 285 g/mol. The Morgan fingerprint density at radius 1 is 1.14 bits per heavy atom. The normalized spacial score (nSPS) is 10.8. The van der Waals surface area contributed by atoms with E-state index in [-0.39, 0.29) is 12.3 Å². The maximum absolute atomic E-state index is 9.24. The Kier molecular flexibility index (Phi) is 4.25. The van der Waals surface area contributed by atoms with E-state index in [9.17, 15) is 5.11 Å². The molecule has 2 aromatic heterocycles. The summed E-state index contributed by atoms with van der Waals surface area (Å²) in [5.41, 5.74) is -0.241. The van der Waals surface area contributed by atoms with Crippen molar-refractivity contribution in [3.05, 3.63) is 30.5 Å². The highest BCUT2D eigenvalue weighted by Crippen LogP contribution is 2.16. The van der Waals surface area contributed by atoms with Gasteiger partial charge in [0.2, 0.25) is 0 Å². The Bertz CT molecular complexity index is 648. The number of hydrogen-bond donors (Lipinski definition) is 3. The van der Waals surface area contributed by atoms with Gasteiger partial charge in [0.15, 0.2) is 5.69 Å². The van der Waals surface area contributed by atoms with E-state index in [0.717, 1.165) is 0 Å². The number of hydrogen-bond acceptors (Lipinski definition) is 8. The summed E-state index contributed by atoms with van der Waals surface area (Å²) in [6, 6.07) is 3.59. The zero-order chi connectivity index (χ0) is 15.3. The van der Waals surface area contributed by atoms with Gasteiger partial charge < -0.3 is 15.7 Å². The molecule has 0 aromatic carbocycles. The van der Waals surface area contributed by atoms with E-state index in [0.29, 0.717) is 17.5 Å². The number of aliphatic hydroxyl groups excluding tert-OH is 1. The Hall–Kier alpha value is -2.79. The molecule has 8 heteroatoms. The van der Waals surface area contributed by atoms with Crippen LogP contribution < -0.4 is 10.6 Å². The number of anilines is 3. The van der Waals surface area contributed by atoms with Gasteiger partial charge in [0, 0.05) is 6.07 Å². The topological polar surface area (TPSA) is 120 Å². The van der Waals surface area contributed by atoms with Crippen LogP contribution >= 0.6 is 0 Å². The Morgan fingerprint density at radius 3 is 2.52 bits per heavy atom. The van der Waals surface area contributed by atoms with Crippen molar-refractivity contribution < 1.29 is 5.11 Å². The Labute approximate surface area is 121 Å². The third-order valence-electron chi connectivity index (χ3n) is 2.55. The molecule has 0 unspecified atom stereocenters. The maximum Gasteiger partial charge on any atom is 0.158 e. The fourth-order valence-corrected chi connectivity index (χ4v) is 1.46. The molecule has 0 aliphatic heterocycles. The van der Waals surface area contributed by atoms with Gasteiger partial charge in [-0.25, -0.2) is 19.9 Å². The average Bonchev–Trinajstić information content (AvgIpc) is 2.48. The predicted molar refractivity (Wildman–Crippen MR) is 76.8 cm³/mol. The van der Waals surface area contributed by atoms with E-state index >= 15 is 0 Å². The highest BCUT2D eigenvalue weighted by atomic mass is 16.3. The van der Waals surface area contributed by atoms with Crippen LogP contribution in [0.3, 0.4) is 0 Å². The van der Waals surface area contributed by atoms with Gasteiger partial charge in [-0.05, 0) is 13.8 Å². The molecule has 8 nitrogen and oxygen atoms in total. The molecule has 0 atom stereocenters. The number of nitrogens with zero attached hydrogens (tertiary/aromatic N) is 5. The fourth-order valence-electron chi connectivity index (χ4n) is 1.46. The number of nitrogens with one attached hydrogen (secondary N) is 2. The number of aliphatic hydroxyl groups is 1. The molecule has 2 rings (SSSR count). The average molecular weight is 285 g/mol. The highest BCUT2D eigenvalue weighted by molar-refractivity contribution is 5.55. The van der Waals surface area contributed by atoms with Crippen LogP contribution in [0, 0.1) is 11.3 Å². The summed E-state index contributed by atoms with van der Waals surface area (Å²) in [6.07, 6.45) is 4.22. The summed E-state index contributed by atoms with van der Waals surface area (Å²) in [5.74, 6) is 1.58. The van der Waals surface area contributed by atoms with Gasteiger partial charge >= 0.3 is 0 Å². The molecule has 108 valence electrons. The zero-order valence-electron chi connectivity index (χ0n) is 11.7. The first-order valence-electron chi connectivity index (χ1n) is 6.23. The lowest BCUT2D eigenvalue weighted by Crippen LogP contribution is -2.35. The van der Waals surface area contributed by atoms with Crippen molar-refractivity contribution in [2.75, 3.05) is 17.2 Å². The number of nitriles is 1. The van der Waals surface area contributed by atoms with Crippen molar-refractivity contribution in [3.63, 3.8) is 0 Å². The second-order valence-electron chi connectivity index (χ2n) is 4.98. The first-order valence-corrected chi connectivity index (χ1v) is 6.23. The summed E-state index contributed by atoms with van der Waals surface area (Å²) in [5, 5.41) is 24.0. The van der Waals surface area contributed by atoms with Crippen LogP contribution in [0.1, 0.15) is 19.5 Å². The second kappa shape index (κ2) is 6.11. The van der Waals surface area contributed by atoms with Crippen molar-refractivity contribution in [2.24, 2.45) is 0 Å². The minimum Gasteiger partial charge on any atom is -0.394 e. The molecule has 0 fully saturated rings. The first-order chi connectivity index (χ1) is 10.0. The molecule has 0 saturated carbocycles. The van der Waals surface area contributed by atoms with Gasteiger partial charge in [0.1, 0.15) is 29.9 Å². The summed E-state index contributed by atoms with van der Waals surface area (Å²) in [7, 11) is 0. The summed E-state index contributed by atoms with van der Waals surface area (Å²) in [6.45, 7) is 3.68. The molecule has 0 amide bonds. The number of rotatable bonds is 5. The Morgan fingerprint density at radius 2 is 1.90 bits per heavy atom. The molecule has 0 saturated heterocycles. The van der Waals surface area contributed by atoms with E-state index in [1.165, 1.54) is 18.7 Å². The molecule has 2 heterocycles. The van der Waals surface area contributed by atoms with E-state index in [2.05, 4.69) is 30.6 Å². The molecular weight excluding hydrogens is 270 g/mol. The Balaban J connectivity index is 2.12. The standard InChI is InChI=1S/C13H15N7O/c1-13(2,7-21)20-11-3-10(17-8-18-11)19-12-6-15-9(4-14)5-16-12/h3,5-6,8,21H,7H2,1-2H3,(H2,16,17,18,19,20). The molecule has 0 aliphatic rings. The van der Waals surface area contributed by atoms with Crippen LogP contribution in [0.15, 0.2) is 24.8 Å². The molecule has 0 bridgehead atoms. The van der Waals surface area contributed by atoms with Crippen LogP contribution in [0.4, 0.5) is 17.5 Å². The lowest BCUT2D eigenvalue weighted by molar-refractivity contribution is 0.234. The molecular formula is C13H15N7O. The first kappa shape index (κ1) is 14.6. The summed E-state index contributed by atoms with van der Waals surface area (Å²) in [4.78, 5) is 16.1. The van der Waals surface area contributed by atoms with E-state index < -0.39 is 5.54 Å². The summed E-state index contributed by atoms with van der Waals surface area (Å²) < 4.78 is 0. The van der Waals surface area contributed by atoms with Crippen molar-refractivity contribution >= 4 is 17.5 Å². The summed E-state index contributed by atoms with van der Waals surface area (Å²) >= 11 is 0. The second-order valence-corrected chi connectivity index (χ2v) is 4.98. The van der Waals surface area contributed by atoms with Gasteiger partial charge in [-0.1, -0.05) is 0 Å². The van der Waals surface area contributed by atoms with Crippen molar-refractivity contribution in [2.45, 2.75) is 19.4 Å². The van der Waals surface area contributed by atoms with E-state index in [1.807, 2.05) is 19.9 Å². The maximum atomic E-state index is 9.24. The van der Waals surface area contributed by atoms with E-state index in [4.69, 9.17) is 5.26 Å². The molecule has 3 N–H and O–H groups in total.